The van der Waals surface area contributed by atoms with E-state index in [1.807, 2.05) is 30.8 Å². The molecule has 1 amide bonds. The SMILES string of the molecule is CCOC(=O)N1CCC(Nc2ncnc3c2ccn3C)CC1. The Bertz CT molecular complexity index is 661. The fourth-order valence-electron chi connectivity index (χ4n) is 2.81. The molecule has 7 heteroatoms. The smallest absolute Gasteiger partial charge is 0.409 e. The third kappa shape index (κ3) is 2.84. The minimum atomic E-state index is -0.214. The number of carbonyl (C=O) groups is 1. The van der Waals surface area contributed by atoms with E-state index in [0.717, 1.165) is 29.7 Å². The molecule has 3 rings (SSSR count). The van der Waals surface area contributed by atoms with Gasteiger partial charge in [-0.1, -0.05) is 0 Å². The number of amides is 1. The van der Waals surface area contributed by atoms with Gasteiger partial charge in [0.1, 0.15) is 17.8 Å². The lowest BCUT2D eigenvalue weighted by Gasteiger charge is -2.31. The van der Waals surface area contributed by atoms with Crippen molar-refractivity contribution in [3.8, 4) is 0 Å². The molecule has 118 valence electrons. The van der Waals surface area contributed by atoms with Crippen molar-refractivity contribution in [3.63, 3.8) is 0 Å². The Morgan fingerprint density at radius 3 is 2.91 bits per heavy atom. The quantitative estimate of drug-likeness (QED) is 0.939. The zero-order chi connectivity index (χ0) is 15.5. The summed E-state index contributed by atoms with van der Waals surface area (Å²) in [6.07, 6.45) is 5.12. The number of aryl methyl sites for hydroxylation is 1. The van der Waals surface area contributed by atoms with Crippen molar-refractivity contribution in [3.05, 3.63) is 18.6 Å². The summed E-state index contributed by atoms with van der Waals surface area (Å²) in [7, 11) is 1.97. The van der Waals surface area contributed by atoms with Crippen LogP contribution in [-0.2, 0) is 11.8 Å². The first-order valence-electron chi connectivity index (χ1n) is 7.63. The second-order valence-electron chi connectivity index (χ2n) is 5.49. The Balaban J connectivity index is 1.64. The second kappa shape index (κ2) is 6.21. The highest BCUT2D eigenvalue weighted by molar-refractivity contribution is 5.87. The van der Waals surface area contributed by atoms with Gasteiger partial charge in [0.05, 0.1) is 12.0 Å². The average molecular weight is 303 g/mol. The van der Waals surface area contributed by atoms with Gasteiger partial charge in [-0.25, -0.2) is 14.8 Å². The minimum absolute atomic E-state index is 0.214. The summed E-state index contributed by atoms with van der Waals surface area (Å²) in [5.74, 6) is 0.861. The lowest BCUT2D eigenvalue weighted by Crippen LogP contribution is -2.42. The van der Waals surface area contributed by atoms with E-state index in [-0.39, 0.29) is 6.09 Å². The summed E-state index contributed by atoms with van der Waals surface area (Å²) >= 11 is 0. The van der Waals surface area contributed by atoms with Crippen molar-refractivity contribution in [1.29, 1.82) is 0 Å². The number of carbonyl (C=O) groups excluding carboxylic acids is 1. The number of piperidine rings is 1. The van der Waals surface area contributed by atoms with E-state index in [1.54, 1.807) is 11.2 Å². The van der Waals surface area contributed by atoms with E-state index >= 15 is 0 Å². The highest BCUT2D eigenvalue weighted by Crippen LogP contribution is 2.22. The predicted molar refractivity (Wildman–Crippen MR) is 83.7 cm³/mol. The monoisotopic (exact) mass is 303 g/mol. The molecule has 1 saturated heterocycles. The van der Waals surface area contributed by atoms with E-state index in [1.165, 1.54) is 0 Å². The van der Waals surface area contributed by atoms with E-state index in [0.29, 0.717) is 25.7 Å². The van der Waals surface area contributed by atoms with Crippen molar-refractivity contribution >= 4 is 22.9 Å². The van der Waals surface area contributed by atoms with Crippen molar-refractivity contribution in [2.24, 2.45) is 7.05 Å². The van der Waals surface area contributed by atoms with Crippen LogP contribution in [0.2, 0.25) is 0 Å². The molecule has 0 saturated carbocycles. The van der Waals surface area contributed by atoms with Gasteiger partial charge in [-0.15, -0.1) is 0 Å². The number of hydrogen-bond donors (Lipinski definition) is 1. The van der Waals surface area contributed by atoms with Gasteiger partial charge in [-0.05, 0) is 25.8 Å². The molecular weight excluding hydrogens is 282 g/mol. The van der Waals surface area contributed by atoms with Gasteiger partial charge in [0.15, 0.2) is 0 Å². The molecule has 22 heavy (non-hydrogen) atoms. The molecule has 0 bridgehead atoms. The number of ether oxygens (including phenoxy) is 1. The molecule has 0 spiro atoms. The van der Waals surface area contributed by atoms with Crippen LogP contribution in [0.3, 0.4) is 0 Å². The third-order valence-electron chi connectivity index (χ3n) is 4.02. The van der Waals surface area contributed by atoms with Crippen molar-refractivity contribution < 1.29 is 9.53 Å². The fraction of sp³-hybridized carbons (Fsp3) is 0.533. The van der Waals surface area contributed by atoms with Gasteiger partial charge in [-0.2, -0.15) is 0 Å². The van der Waals surface area contributed by atoms with E-state index in [4.69, 9.17) is 4.74 Å². The number of aromatic nitrogens is 3. The molecule has 0 unspecified atom stereocenters. The molecule has 1 fully saturated rings. The lowest BCUT2D eigenvalue weighted by molar-refractivity contribution is 0.0983. The molecule has 1 N–H and O–H groups in total. The van der Waals surface area contributed by atoms with Gasteiger partial charge in [0, 0.05) is 32.4 Å². The van der Waals surface area contributed by atoms with Gasteiger partial charge >= 0.3 is 6.09 Å². The minimum Gasteiger partial charge on any atom is -0.450 e. The van der Waals surface area contributed by atoms with Crippen LogP contribution in [0.15, 0.2) is 18.6 Å². The number of hydrogen-bond acceptors (Lipinski definition) is 5. The fourth-order valence-corrected chi connectivity index (χ4v) is 2.81. The highest BCUT2D eigenvalue weighted by atomic mass is 16.6. The molecule has 1 aliphatic rings. The highest BCUT2D eigenvalue weighted by Gasteiger charge is 2.24. The predicted octanol–water partition coefficient (Wildman–Crippen LogP) is 2.00. The Kier molecular flexibility index (Phi) is 4.13. The molecule has 7 nitrogen and oxygen atoms in total. The summed E-state index contributed by atoms with van der Waals surface area (Å²) in [4.78, 5) is 22.1. The zero-order valence-electron chi connectivity index (χ0n) is 13.0. The molecule has 2 aromatic rings. The van der Waals surface area contributed by atoms with Crippen LogP contribution in [0.1, 0.15) is 19.8 Å². The molecule has 0 aliphatic carbocycles. The van der Waals surface area contributed by atoms with E-state index < -0.39 is 0 Å². The van der Waals surface area contributed by atoms with Gasteiger partial charge in [-0.3, -0.25) is 0 Å². The van der Waals surface area contributed by atoms with Gasteiger partial charge in [0.2, 0.25) is 0 Å². The maximum atomic E-state index is 11.7. The van der Waals surface area contributed by atoms with Crippen LogP contribution < -0.4 is 5.32 Å². The largest absolute Gasteiger partial charge is 0.450 e. The van der Waals surface area contributed by atoms with E-state index in [2.05, 4.69) is 15.3 Å². The molecule has 1 aliphatic heterocycles. The number of likely N-dealkylation sites (tertiary alicyclic amines) is 1. The normalized spacial score (nSPS) is 16.0. The van der Waals surface area contributed by atoms with Gasteiger partial charge in [0.25, 0.3) is 0 Å². The molecule has 2 aromatic heterocycles. The zero-order valence-corrected chi connectivity index (χ0v) is 13.0. The maximum Gasteiger partial charge on any atom is 0.409 e. The standard InChI is InChI=1S/C15H21N5O2/c1-3-22-15(21)20-8-4-11(5-9-20)18-13-12-6-7-19(2)14(12)17-10-16-13/h6-7,10-11H,3-5,8-9H2,1-2H3,(H,16,17,18). The molecule has 3 heterocycles. The van der Waals surface area contributed by atoms with Crippen LogP contribution in [0.5, 0.6) is 0 Å². The number of anilines is 1. The number of rotatable bonds is 3. The van der Waals surface area contributed by atoms with Crippen LogP contribution in [0, 0.1) is 0 Å². The average Bonchev–Trinajstić information content (AvgIpc) is 2.91. The van der Waals surface area contributed by atoms with Crippen LogP contribution in [0.25, 0.3) is 11.0 Å². The Labute approximate surface area is 129 Å². The van der Waals surface area contributed by atoms with E-state index in [9.17, 15) is 4.79 Å². The maximum absolute atomic E-state index is 11.7. The second-order valence-corrected chi connectivity index (χ2v) is 5.49. The van der Waals surface area contributed by atoms with Gasteiger partial charge < -0.3 is 19.5 Å². The third-order valence-corrected chi connectivity index (χ3v) is 4.02. The first kappa shape index (κ1) is 14.6. The number of nitrogens with zero attached hydrogens (tertiary/aromatic N) is 4. The number of nitrogens with one attached hydrogen (secondary N) is 1. The van der Waals surface area contributed by atoms with Crippen LogP contribution in [-0.4, -0.2) is 51.3 Å². The van der Waals surface area contributed by atoms with Crippen LogP contribution >= 0.6 is 0 Å². The molecule has 0 atom stereocenters. The Morgan fingerprint density at radius 2 is 2.18 bits per heavy atom. The first-order chi connectivity index (χ1) is 10.7. The lowest BCUT2D eigenvalue weighted by atomic mass is 10.1. The summed E-state index contributed by atoms with van der Waals surface area (Å²) in [5, 5.41) is 4.51. The Morgan fingerprint density at radius 1 is 1.41 bits per heavy atom. The number of fused-ring (bicyclic) bond motifs is 1. The summed E-state index contributed by atoms with van der Waals surface area (Å²) in [6, 6.07) is 2.33. The topological polar surface area (TPSA) is 72.3 Å². The van der Waals surface area contributed by atoms with Crippen molar-refractivity contribution in [1.82, 2.24) is 19.4 Å². The molecule has 0 aromatic carbocycles. The van der Waals surface area contributed by atoms with Crippen LogP contribution in [0.4, 0.5) is 10.6 Å². The summed E-state index contributed by atoms with van der Waals surface area (Å²) in [6.45, 7) is 3.66. The Hall–Kier alpha value is -2.31. The van der Waals surface area contributed by atoms with Crippen molar-refractivity contribution in [2.45, 2.75) is 25.8 Å². The summed E-state index contributed by atoms with van der Waals surface area (Å²) in [5.41, 5.74) is 0.918. The van der Waals surface area contributed by atoms with Crippen molar-refractivity contribution in [2.75, 3.05) is 25.0 Å². The first-order valence-corrected chi connectivity index (χ1v) is 7.63. The molecular formula is C15H21N5O2. The molecule has 0 radical (unpaired) electrons. The summed E-state index contributed by atoms with van der Waals surface area (Å²) < 4.78 is 7.02.